The lowest BCUT2D eigenvalue weighted by molar-refractivity contribution is 0.0692. The summed E-state index contributed by atoms with van der Waals surface area (Å²) in [6, 6.07) is 13.3. The average Bonchev–Trinajstić information content (AvgIpc) is 3.13. The lowest BCUT2D eigenvalue weighted by atomic mass is 9.83. The maximum Gasteiger partial charge on any atom is 0.336 e. The van der Waals surface area contributed by atoms with Gasteiger partial charge in [-0.25, -0.2) is 9.78 Å². The van der Waals surface area contributed by atoms with Crippen LogP contribution < -0.4 is 5.32 Å². The number of amides is 1. The molecule has 1 fully saturated rings. The van der Waals surface area contributed by atoms with Crippen LogP contribution >= 0.6 is 11.3 Å². The standard InChI is InChI=1S/C23H18N2O3S/c26-22(18-9-1-2-10-19(18)23(27)28)24-17-8-3-5-15(13-17)11-12-21-25-20(14-29-21)16-6-4-7-16/h1-3,5,8-10,13-14,16H,4,6-7H2,(H,24,26)(H,27,28). The number of carboxylic acids is 1. The first kappa shape index (κ1) is 18.9. The third-order valence-electron chi connectivity index (χ3n) is 4.88. The molecular weight excluding hydrogens is 384 g/mol. The second-order valence-corrected chi connectivity index (χ2v) is 7.70. The Bertz CT molecular complexity index is 1140. The summed E-state index contributed by atoms with van der Waals surface area (Å²) < 4.78 is 0. The van der Waals surface area contributed by atoms with Crippen LogP contribution in [0.1, 0.15) is 62.2 Å². The number of aromatic carboxylic acids is 1. The number of carbonyl (C=O) groups is 2. The number of hydrogen-bond donors (Lipinski definition) is 2. The van der Waals surface area contributed by atoms with Crippen LogP contribution in [0.15, 0.2) is 53.9 Å². The lowest BCUT2D eigenvalue weighted by Crippen LogP contribution is -2.16. The Hall–Kier alpha value is -3.43. The van der Waals surface area contributed by atoms with Gasteiger partial charge in [0.25, 0.3) is 5.91 Å². The van der Waals surface area contributed by atoms with Crippen LogP contribution in [0, 0.1) is 11.8 Å². The number of aromatic nitrogens is 1. The lowest BCUT2D eigenvalue weighted by Gasteiger charge is -2.22. The number of nitrogens with zero attached hydrogens (tertiary/aromatic N) is 1. The predicted octanol–water partition coefficient (Wildman–Crippen LogP) is 4.76. The van der Waals surface area contributed by atoms with Crippen molar-refractivity contribution in [2.75, 3.05) is 5.32 Å². The van der Waals surface area contributed by atoms with Crippen molar-refractivity contribution in [1.29, 1.82) is 0 Å². The number of carbonyl (C=O) groups excluding carboxylic acids is 1. The van der Waals surface area contributed by atoms with Gasteiger partial charge in [-0.05, 0) is 49.1 Å². The molecule has 4 rings (SSSR count). The van der Waals surface area contributed by atoms with Crippen molar-refractivity contribution in [3.05, 3.63) is 81.3 Å². The van der Waals surface area contributed by atoms with E-state index in [9.17, 15) is 14.7 Å². The maximum absolute atomic E-state index is 12.5. The highest BCUT2D eigenvalue weighted by molar-refractivity contribution is 7.10. The molecule has 0 unspecified atom stereocenters. The molecule has 1 amide bonds. The second kappa shape index (κ2) is 8.29. The molecule has 5 nitrogen and oxygen atoms in total. The van der Waals surface area contributed by atoms with Crippen LogP contribution in [-0.2, 0) is 0 Å². The quantitative estimate of drug-likeness (QED) is 0.617. The molecule has 1 aliphatic rings. The molecule has 0 saturated heterocycles. The summed E-state index contributed by atoms with van der Waals surface area (Å²) in [4.78, 5) is 28.4. The van der Waals surface area contributed by atoms with Gasteiger partial charge in [0.2, 0.25) is 0 Å². The molecule has 1 heterocycles. The number of benzene rings is 2. The van der Waals surface area contributed by atoms with Crippen molar-refractivity contribution in [2.45, 2.75) is 25.2 Å². The first-order valence-electron chi connectivity index (χ1n) is 9.31. The predicted molar refractivity (Wildman–Crippen MR) is 112 cm³/mol. The zero-order valence-corrected chi connectivity index (χ0v) is 16.3. The van der Waals surface area contributed by atoms with Gasteiger partial charge in [-0.2, -0.15) is 0 Å². The van der Waals surface area contributed by atoms with Crippen LogP contribution in [-0.4, -0.2) is 22.0 Å². The minimum absolute atomic E-state index is 0.0352. The fourth-order valence-corrected chi connectivity index (χ4v) is 3.85. The molecule has 144 valence electrons. The molecule has 1 aliphatic carbocycles. The molecule has 2 N–H and O–H groups in total. The summed E-state index contributed by atoms with van der Waals surface area (Å²) >= 11 is 1.55. The highest BCUT2D eigenvalue weighted by Crippen LogP contribution is 2.36. The van der Waals surface area contributed by atoms with Crippen LogP contribution in [0.5, 0.6) is 0 Å². The Balaban J connectivity index is 1.49. The van der Waals surface area contributed by atoms with E-state index in [0.29, 0.717) is 11.6 Å². The fraction of sp³-hybridized carbons (Fsp3) is 0.174. The van der Waals surface area contributed by atoms with E-state index in [2.05, 4.69) is 27.5 Å². The summed E-state index contributed by atoms with van der Waals surface area (Å²) in [5, 5.41) is 14.9. The van der Waals surface area contributed by atoms with Gasteiger partial charge in [0.15, 0.2) is 5.01 Å². The Kier molecular flexibility index (Phi) is 5.41. The number of nitrogens with one attached hydrogen (secondary N) is 1. The van der Waals surface area contributed by atoms with E-state index in [1.807, 2.05) is 6.07 Å². The van der Waals surface area contributed by atoms with E-state index in [1.165, 1.54) is 31.4 Å². The van der Waals surface area contributed by atoms with Crippen molar-refractivity contribution >= 4 is 28.9 Å². The van der Waals surface area contributed by atoms with Crippen molar-refractivity contribution in [1.82, 2.24) is 4.98 Å². The first-order valence-corrected chi connectivity index (χ1v) is 10.2. The number of anilines is 1. The minimum Gasteiger partial charge on any atom is -0.478 e. The molecule has 3 aromatic rings. The first-order chi connectivity index (χ1) is 14.1. The van der Waals surface area contributed by atoms with E-state index in [0.717, 1.165) is 16.3 Å². The topological polar surface area (TPSA) is 79.3 Å². The number of hydrogen-bond acceptors (Lipinski definition) is 4. The van der Waals surface area contributed by atoms with E-state index in [1.54, 1.807) is 41.7 Å². The summed E-state index contributed by atoms with van der Waals surface area (Å²) in [6.07, 6.45) is 3.70. The molecule has 1 aromatic heterocycles. The van der Waals surface area contributed by atoms with Crippen molar-refractivity contribution in [3.8, 4) is 11.8 Å². The van der Waals surface area contributed by atoms with Gasteiger partial charge in [0.1, 0.15) is 0 Å². The largest absolute Gasteiger partial charge is 0.478 e. The molecular formula is C23H18N2O3S. The van der Waals surface area contributed by atoms with E-state index >= 15 is 0 Å². The monoisotopic (exact) mass is 402 g/mol. The van der Waals surface area contributed by atoms with Gasteiger partial charge >= 0.3 is 5.97 Å². The SMILES string of the molecule is O=C(O)c1ccccc1C(=O)Nc1cccc(C#Cc2nc(C3CCC3)cs2)c1. The van der Waals surface area contributed by atoms with Gasteiger partial charge in [0.05, 0.1) is 16.8 Å². The Morgan fingerprint density at radius 1 is 1.07 bits per heavy atom. The summed E-state index contributed by atoms with van der Waals surface area (Å²) in [6.45, 7) is 0. The third-order valence-corrected chi connectivity index (χ3v) is 5.66. The molecule has 0 bridgehead atoms. The molecule has 1 saturated carbocycles. The van der Waals surface area contributed by atoms with Gasteiger partial charge in [-0.15, -0.1) is 11.3 Å². The summed E-state index contributed by atoms with van der Waals surface area (Å²) in [5.74, 6) is 5.15. The van der Waals surface area contributed by atoms with E-state index in [4.69, 9.17) is 0 Å². The van der Waals surface area contributed by atoms with Crippen LogP contribution in [0.3, 0.4) is 0 Å². The molecule has 0 aliphatic heterocycles. The molecule has 6 heteroatoms. The molecule has 29 heavy (non-hydrogen) atoms. The van der Waals surface area contributed by atoms with Gasteiger partial charge in [-0.3, -0.25) is 4.79 Å². The second-order valence-electron chi connectivity index (χ2n) is 6.84. The van der Waals surface area contributed by atoms with Gasteiger partial charge < -0.3 is 10.4 Å². The van der Waals surface area contributed by atoms with Crippen molar-refractivity contribution < 1.29 is 14.7 Å². The van der Waals surface area contributed by atoms with Crippen LogP contribution in [0.4, 0.5) is 5.69 Å². The van der Waals surface area contributed by atoms with Crippen LogP contribution in [0.25, 0.3) is 0 Å². The highest BCUT2D eigenvalue weighted by Gasteiger charge is 2.21. The summed E-state index contributed by atoms with van der Waals surface area (Å²) in [7, 11) is 0. The zero-order chi connectivity index (χ0) is 20.2. The molecule has 2 aromatic carbocycles. The minimum atomic E-state index is -1.14. The van der Waals surface area contributed by atoms with Crippen molar-refractivity contribution in [3.63, 3.8) is 0 Å². The normalized spacial score (nSPS) is 13.1. The zero-order valence-electron chi connectivity index (χ0n) is 15.5. The van der Waals surface area contributed by atoms with Gasteiger partial charge in [0, 0.05) is 22.5 Å². The van der Waals surface area contributed by atoms with Crippen molar-refractivity contribution in [2.24, 2.45) is 0 Å². The maximum atomic E-state index is 12.5. The fourth-order valence-electron chi connectivity index (χ4n) is 3.10. The van der Waals surface area contributed by atoms with Crippen LogP contribution in [0.2, 0.25) is 0 Å². The van der Waals surface area contributed by atoms with E-state index in [-0.39, 0.29) is 11.1 Å². The summed E-state index contributed by atoms with van der Waals surface area (Å²) in [5.41, 5.74) is 2.52. The molecule has 0 atom stereocenters. The highest BCUT2D eigenvalue weighted by atomic mass is 32.1. The molecule has 0 spiro atoms. The molecule has 0 radical (unpaired) electrons. The van der Waals surface area contributed by atoms with E-state index < -0.39 is 11.9 Å². The Morgan fingerprint density at radius 3 is 2.59 bits per heavy atom. The number of thiazole rings is 1. The number of carboxylic acid groups (broad SMARTS) is 1. The Morgan fingerprint density at radius 2 is 1.86 bits per heavy atom. The number of rotatable bonds is 4. The third kappa shape index (κ3) is 4.36. The smallest absolute Gasteiger partial charge is 0.336 e. The Labute approximate surface area is 172 Å². The average molecular weight is 402 g/mol. The van der Waals surface area contributed by atoms with Gasteiger partial charge in [-0.1, -0.05) is 30.5 Å².